The van der Waals surface area contributed by atoms with Crippen molar-refractivity contribution in [1.82, 2.24) is 0 Å². The number of aryl methyl sites for hydroxylation is 4. The molecule has 0 bridgehead atoms. The quantitative estimate of drug-likeness (QED) is 0.750. The zero-order valence-corrected chi connectivity index (χ0v) is 17.8. The van der Waals surface area contributed by atoms with Crippen LogP contribution < -0.4 is 10.2 Å². The maximum absolute atomic E-state index is 12.9. The van der Waals surface area contributed by atoms with Crippen LogP contribution in [-0.4, -0.2) is 18.4 Å². The smallest absolute Gasteiger partial charge is 0.229 e. The van der Waals surface area contributed by atoms with Crippen LogP contribution in [0.5, 0.6) is 0 Å². The van der Waals surface area contributed by atoms with Gasteiger partial charge in [0.1, 0.15) is 0 Å². The number of anilines is 2. The van der Waals surface area contributed by atoms with Crippen LogP contribution in [0.15, 0.2) is 34.8 Å². The van der Waals surface area contributed by atoms with Crippen molar-refractivity contribution in [2.24, 2.45) is 5.92 Å². The first-order valence-corrected chi connectivity index (χ1v) is 10.1. The summed E-state index contributed by atoms with van der Waals surface area (Å²) in [5.74, 6) is -0.427. The van der Waals surface area contributed by atoms with Gasteiger partial charge in [0.05, 0.1) is 5.92 Å². The van der Waals surface area contributed by atoms with Crippen molar-refractivity contribution in [3.05, 3.63) is 57.1 Å². The molecule has 1 fully saturated rings. The lowest BCUT2D eigenvalue weighted by Crippen LogP contribution is -2.28. The summed E-state index contributed by atoms with van der Waals surface area (Å²) in [6.45, 7) is 8.56. The van der Waals surface area contributed by atoms with Gasteiger partial charge in [0.25, 0.3) is 0 Å². The van der Waals surface area contributed by atoms with E-state index in [9.17, 15) is 9.59 Å². The summed E-state index contributed by atoms with van der Waals surface area (Å²) < 4.78 is 1.01. The summed E-state index contributed by atoms with van der Waals surface area (Å²) in [7, 11) is 0. The molecule has 1 atom stereocenters. The maximum Gasteiger partial charge on any atom is 0.229 e. The Morgan fingerprint density at radius 3 is 2.56 bits per heavy atom. The molecule has 0 saturated carbocycles. The van der Waals surface area contributed by atoms with Gasteiger partial charge in [-0.25, -0.2) is 0 Å². The van der Waals surface area contributed by atoms with E-state index in [0.29, 0.717) is 6.54 Å². The first kappa shape index (κ1) is 19.6. The minimum atomic E-state index is -0.341. The first-order chi connectivity index (χ1) is 12.8. The molecule has 5 heteroatoms. The summed E-state index contributed by atoms with van der Waals surface area (Å²) >= 11 is 3.51. The Bertz CT molecular complexity index is 907. The SMILES string of the molecule is CCc1cc(Br)cc(C)c1NC(=O)[C@@H]1CC(=O)N(c2ccc(C)c(C)c2)C1. The van der Waals surface area contributed by atoms with Gasteiger partial charge in [0.15, 0.2) is 0 Å². The first-order valence-electron chi connectivity index (χ1n) is 9.27. The minimum Gasteiger partial charge on any atom is -0.325 e. The summed E-state index contributed by atoms with van der Waals surface area (Å²) in [6.07, 6.45) is 1.07. The number of rotatable bonds is 4. The van der Waals surface area contributed by atoms with Crippen molar-refractivity contribution in [2.75, 3.05) is 16.8 Å². The van der Waals surface area contributed by atoms with Crippen LogP contribution >= 0.6 is 15.9 Å². The number of hydrogen-bond donors (Lipinski definition) is 1. The van der Waals surface area contributed by atoms with E-state index in [1.807, 2.05) is 51.1 Å². The lowest BCUT2D eigenvalue weighted by molar-refractivity contribution is -0.122. The Hall–Kier alpha value is -2.14. The Balaban J connectivity index is 1.77. The number of amides is 2. The topological polar surface area (TPSA) is 49.4 Å². The average molecular weight is 429 g/mol. The van der Waals surface area contributed by atoms with E-state index < -0.39 is 0 Å². The molecule has 0 radical (unpaired) electrons. The van der Waals surface area contributed by atoms with E-state index in [1.165, 1.54) is 5.56 Å². The molecular weight excluding hydrogens is 404 g/mol. The van der Waals surface area contributed by atoms with Crippen LogP contribution in [0.3, 0.4) is 0 Å². The van der Waals surface area contributed by atoms with Crippen molar-refractivity contribution < 1.29 is 9.59 Å². The third-order valence-corrected chi connectivity index (χ3v) is 5.77. The second kappa shape index (κ2) is 7.85. The zero-order valence-electron chi connectivity index (χ0n) is 16.2. The number of carbonyl (C=O) groups is 2. The van der Waals surface area contributed by atoms with Crippen LogP contribution in [0.2, 0.25) is 0 Å². The van der Waals surface area contributed by atoms with Crippen molar-refractivity contribution in [1.29, 1.82) is 0 Å². The van der Waals surface area contributed by atoms with Crippen molar-refractivity contribution in [3.63, 3.8) is 0 Å². The molecule has 0 unspecified atom stereocenters. The average Bonchev–Trinajstić information content (AvgIpc) is 3.01. The van der Waals surface area contributed by atoms with Crippen LogP contribution in [0.4, 0.5) is 11.4 Å². The number of carbonyl (C=O) groups excluding carboxylic acids is 2. The van der Waals surface area contributed by atoms with Crippen molar-refractivity contribution in [2.45, 2.75) is 40.5 Å². The molecule has 1 aliphatic heterocycles. The fourth-order valence-electron chi connectivity index (χ4n) is 3.52. The van der Waals surface area contributed by atoms with E-state index >= 15 is 0 Å². The molecule has 0 aromatic heterocycles. The number of nitrogens with one attached hydrogen (secondary N) is 1. The second-order valence-electron chi connectivity index (χ2n) is 7.27. The van der Waals surface area contributed by atoms with Crippen LogP contribution in [0, 0.1) is 26.7 Å². The van der Waals surface area contributed by atoms with Gasteiger partial charge in [0.2, 0.25) is 11.8 Å². The van der Waals surface area contributed by atoms with Gasteiger partial charge < -0.3 is 10.2 Å². The Labute approximate surface area is 169 Å². The Kier molecular flexibility index (Phi) is 5.70. The highest BCUT2D eigenvalue weighted by Gasteiger charge is 2.35. The Morgan fingerprint density at radius 1 is 1.15 bits per heavy atom. The molecule has 2 aromatic rings. The molecule has 3 rings (SSSR count). The van der Waals surface area contributed by atoms with E-state index in [1.54, 1.807) is 4.90 Å². The standard InChI is InChI=1S/C22H25BrN2O2/c1-5-16-10-18(23)8-15(4)21(16)24-22(27)17-11-20(26)25(12-17)19-7-6-13(2)14(3)9-19/h6-10,17H,5,11-12H2,1-4H3,(H,24,27)/t17-/m1/s1. The van der Waals surface area contributed by atoms with Gasteiger partial charge in [-0.15, -0.1) is 0 Å². The van der Waals surface area contributed by atoms with E-state index in [0.717, 1.165) is 39.0 Å². The number of hydrogen-bond acceptors (Lipinski definition) is 2. The molecule has 1 saturated heterocycles. The molecule has 0 spiro atoms. The van der Waals surface area contributed by atoms with Crippen molar-refractivity contribution in [3.8, 4) is 0 Å². The summed E-state index contributed by atoms with van der Waals surface area (Å²) in [6, 6.07) is 10.0. The monoisotopic (exact) mass is 428 g/mol. The lowest BCUT2D eigenvalue weighted by atomic mass is 10.0. The molecular formula is C22H25BrN2O2. The molecule has 142 valence electrons. The molecule has 27 heavy (non-hydrogen) atoms. The molecule has 1 N–H and O–H groups in total. The predicted octanol–water partition coefficient (Wildman–Crippen LogP) is 4.93. The van der Waals surface area contributed by atoms with Gasteiger partial charge in [-0.1, -0.05) is 28.9 Å². The summed E-state index contributed by atoms with van der Waals surface area (Å²) in [5.41, 5.74) is 6.18. The minimum absolute atomic E-state index is 0.00152. The lowest BCUT2D eigenvalue weighted by Gasteiger charge is -2.19. The zero-order chi connectivity index (χ0) is 19.7. The number of halogens is 1. The third-order valence-electron chi connectivity index (χ3n) is 5.31. The molecule has 2 amide bonds. The van der Waals surface area contributed by atoms with E-state index in [4.69, 9.17) is 0 Å². The highest BCUT2D eigenvalue weighted by atomic mass is 79.9. The maximum atomic E-state index is 12.9. The van der Waals surface area contributed by atoms with Crippen LogP contribution in [-0.2, 0) is 16.0 Å². The third kappa shape index (κ3) is 4.08. The molecule has 1 heterocycles. The van der Waals surface area contributed by atoms with Gasteiger partial charge in [0, 0.05) is 28.8 Å². The largest absolute Gasteiger partial charge is 0.325 e. The van der Waals surface area contributed by atoms with Gasteiger partial charge in [-0.2, -0.15) is 0 Å². The van der Waals surface area contributed by atoms with Crippen LogP contribution in [0.25, 0.3) is 0 Å². The normalized spacial score (nSPS) is 16.7. The summed E-state index contributed by atoms with van der Waals surface area (Å²) in [4.78, 5) is 27.1. The van der Waals surface area contributed by atoms with E-state index in [2.05, 4.69) is 28.2 Å². The summed E-state index contributed by atoms with van der Waals surface area (Å²) in [5, 5.41) is 3.07. The van der Waals surface area contributed by atoms with Gasteiger partial charge >= 0.3 is 0 Å². The molecule has 0 aliphatic carbocycles. The van der Waals surface area contributed by atoms with E-state index in [-0.39, 0.29) is 24.2 Å². The van der Waals surface area contributed by atoms with Gasteiger partial charge in [-0.05, 0) is 73.7 Å². The highest BCUT2D eigenvalue weighted by molar-refractivity contribution is 9.10. The van der Waals surface area contributed by atoms with Crippen molar-refractivity contribution >= 4 is 39.1 Å². The fourth-order valence-corrected chi connectivity index (χ4v) is 4.14. The Morgan fingerprint density at radius 2 is 1.89 bits per heavy atom. The number of benzene rings is 2. The molecule has 1 aliphatic rings. The van der Waals surface area contributed by atoms with Gasteiger partial charge in [-0.3, -0.25) is 9.59 Å². The molecule has 2 aromatic carbocycles. The fraction of sp³-hybridized carbons (Fsp3) is 0.364. The molecule has 4 nitrogen and oxygen atoms in total. The second-order valence-corrected chi connectivity index (χ2v) is 8.19. The van der Waals surface area contributed by atoms with Crippen LogP contribution in [0.1, 0.15) is 35.6 Å². The number of nitrogens with zero attached hydrogens (tertiary/aromatic N) is 1. The predicted molar refractivity (Wildman–Crippen MR) is 113 cm³/mol. The highest BCUT2D eigenvalue weighted by Crippen LogP contribution is 2.30.